The van der Waals surface area contributed by atoms with Crippen LogP contribution in [0.15, 0.2) is 48.5 Å². The number of unbranched alkanes of at least 4 members (excludes halogenated alkanes) is 4. The predicted molar refractivity (Wildman–Crippen MR) is 134 cm³/mol. The van der Waals surface area contributed by atoms with E-state index in [-0.39, 0.29) is 0 Å². The number of benzene rings is 2. The Morgan fingerprint density at radius 3 is 1.81 bits per heavy atom. The molecule has 0 radical (unpaired) electrons. The normalized spacial score (nSPS) is 17.9. The summed E-state index contributed by atoms with van der Waals surface area (Å²) in [5.41, 5.74) is 4.73. The highest BCUT2D eigenvalue weighted by Crippen LogP contribution is 2.37. The van der Waals surface area contributed by atoms with Gasteiger partial charge in [0.25, 0.3) is 0 Å². The van der Waals surface area contributed by atoms with E-state index < -0.39 is 0 Å². The Balaban J connectivity index is 1.50. The molecular formula is C31H38. The van der Waals surface area contributed by atoms with Crippen LogP contribution in [0.1, 0.15) is 113 Å². The minimum atomic E-state index is 0.746. The van der Waals surface area contributed by atoms with Crippen molar-refractivity contribution in [3.05, 3.63) is 70.8 Å². The Morgan fingerprint density at radius 1 is 0.645 bits per heavy atom. The molecule has 0 saturated heterocycles. The average molecular weight is 411 g/mol. The SMILES string of the molecule is CCCCCCC#Cc1ccc(C#Cc2ccc([C@H]3CC[C@H](CCC)CC3)cc2)cc1. The van der Waals surface area contributed by atoms with Crippen molar-refractivity contribution in [2.24, 2.45) is 5.92 Å². The molecule has 0 amide bonds. The summed E-state index contributed by atoms with van der Waals surface area (Å²) < 4.78 is 0. The maximum Gasteiger partial charge on any atom is 0.0249 e. The van der Waals surface area contributed by atoms with Gasteiger partial charge >= 0.3 is 0 Å². The van der Waals surface area contributed by atoms with Crippen LogP contribution >= 0.6 is 0 Å². The summed E-state index contributed by atoms with van der Waals surface area (Å²) in [6.07, 6.45) is 14.3. The molecule has 2 aromatic carbocycles. The van der Waals surface area contributed by atoms with Gasteiger partial charge in [-0.15, -0.1) is 0 Å². The lowest BCUT2D eigenvalue weighted by atomic mass is 9.77. The van der Waals surface area contributed by atoms with Crippen LogP contribution in [-0.4, -0.2) is 0 Å². The maximum atomic E-state index is 3.32. The van der Waals surface area contributed by atoms with Gasteiger partial charge in [0, 0.05) is 23.1 Å². The van der Waals surface area contributed by atoms with Crippen molar-refractivity contribution in [2.45, 2.75) is 90.4 Å². The third kappa shape index (κ3) is 7.96. The summed E-state index contributed by atoms with van der Waals surface area (Å²) >= 11 is 0. The highest BCUT2D eigenvalue weighted by molar-refractivity contribution is 5.46. The van der Waals surface area contributed by atoms with Crippen molar-refractivity contribution in [3.63, 3.8) is 0 Å². The molecule has 0 nitrogen and oxygen atoms in total. The molecule has 0 heteroatoms. The van der Waals surface area contributed by atoms with Crippen LogP contribution < -0.4 is 0 Å². The Bertz CT molecular complexity index is 885. The van der Waals surface area contributed by atoms with E-state index in [9.17, 15) is 0 Å². The summed E-state index contributed by atoms with van der Waals surface area (Å²) in [4.78, 5) is 0. The second-order valence-corrected chi connectivity index (χ2v) is 9.07. The van der Waals surface area contributed by atoms with Crippen molar-refractivity contribution in [2.75, 3.05) is 0 Å². The van der Waals surface area contributed by atoms with E-state index >= 15 is 0 Å². The van der Waals surface area contributed by atoms with Crippen molar-refractivity contribution >= 4 is 0 Å². The molecular weight excluding hydrogens is 372 g/mol. The van der Waals surface area contributed by atoms with E-state index in [4.69, 9.17) is 0 Å². The summed E-state index contributed by atoms with van der Waals surface area (Å²) in [7, 11) is 0. The molecule has 1 fully saturated rings. The molecule has 0 aromatic heterocycles. The summed E-state index contributed by atoms with van der Waals surface area (Å²) in [6.45, 7) is 4.55. The highest BCUT2D eigenvalue weighted by Gasteiger charge is 2.21. The molecule has 2 aromatic rings. The van der Waals surface area contributed by atoms with Gasteiger partial charge in [0.05, 0.1) is 0 Å². The lowest BCUT2D eigenvalue weighted by molar-refractivity contribution is 0.308. The van der Waals surface area contributed by atoms with E-state index in [1.165, 1.54) is 69.8 Å². The van der Waals surface area contributed by atoms with E-state index in [0.29, 0.717) is 0 Å². The topological polar surface area (TPSA) is 0 Å². The molecule has 0 unspecified atom stereocenters. The third-order valence-electron chi connectivity index (χ3n) is 6.55. The third-order valence-corrected chi connectivity index (χ3v) is 6.55. The second kappa shape index (κ2) is 13.1. The molecule has 0 N–H and O–H groups in total. The first kappa shape index (κ1) is 23.2. The molecule has 1 aliphatic rings. The van der Waals surface area contributed by atoms with Gasteiger partial charge < -0.3 is 0 Å². The standard InChI is InChI=1S/C31H38/c1-3-5-6-7-8-9-11-27-12-14-28(15-13-27)16-17-29-20-24-31(25-21-29)30-22-18-26(10-4-2)19-23-30/h12-15,20-21,24-26,30H,3-8,10,18-19,22-23H2,1-2H3/t26-,30-. The van der Waals surface area contributed by atoms with Gasteiger partial charge in [0.2, 0.25) is 0 Å². The molecule has 0 spiro atoms. The molecule has 162 valence electrons. The largest absolute Gasteiger partial charge is 0.0979 e. The fourth-order valence-corrected chi connectivity index (χ4v) is 4.62. The first-order chi connectivity index (χ1) is 15.3. The Morgan fingerprint density at radius 2 is 1.23 bits per heavy atom. The fourth-order valence-electron chi connectivity index (χ4n) is 4.62. The average Bonchev–Trinajstić information content (AvgIpc) is 2.82. The molecule has 1 aliphatic carbocycles. The van der Waals surface area contributed by atoms with Crippen LogP contribution in [0, 0.1) is 29.6 Å². The molecule has 0 bridgehead atoms. The lowest BCUT2D eigenvalue weighted by Crippen LogP contribution is -2.13. The van der Waals surface area contributed by atoms with Gasteiger partial charge in [-0.2, -0.15) is 0 Å². The second-order valence-electron chi connectivity index (χ2n) is 9.07. The van der Waals surface area contributed by atoms with Gasteiger partial charge in [-0.1, -0.05) is 81.8 Å². The summed E-state index contributed by atoms with van der Waals surface area (Å²) in [5.74, 6) is 14.9. The zero-order valence-electron chi connectivity index (χ0n) is 19.6. The van der Waals surface area contributed by atoms with Crippen molar-refractivity contribution in [1.82, 2.24) is 0 Å². The minimum Gasteiger partial charge on any atom is -0.0979 e. The zero-order chi connectivity index (χ0) is 21.7. The quantitative estimate of drug-likeness (QED) is 0.317. The Hall–Kier alpha value is -2.44. The molecule has 1 saturated carbocycles. The number of hydrogen-bond donors (Lipinski definition) is 0. The van der Waals surface area contributed by atoms with Gasteiger partial charge in [0.1, 0.15) is 0 Å². The van der Waals surface area contributed by atoms with E-state index in [2.05, 4.69) is 86.1 Å². The number of rotatable bonds is 7. The predicted octanol–water partition coefficient (Wildman–Crippen LogP) is 8.48. The summed E-state index contributed by atoms with van der Waals surface area (Å²) in [6, 6.07) is 17.3. The van der Waals surface area contributed by atoms with Crippen molar-refractivity contribution < 1.29 is 0 Å². The Kier molecular flexibility index (Phi) is 9.80. The van der Waals surface area contributed by atoms with Gasteiger partial charge in [-0.25, -0.2) is 0 Å². The van der Waals surface area contributed by atoms with Crippen LogP contribution in [0.4, 0.5) is 0 Å². The van der Waals surface area contributed by atoms with Crippen LogP contribution in [0.3, 0.4) is 0 Å². The Labute approximate surface area is 190 Å². The molecule has 31 heavy (non-hydrogen) atoms. The monoisotopic (exact) mass is 410 g/mol. The minimum absolute atomic E-state index is 0.746. The molecule has 0 aliphatic heterocycles. The van der Waals surface area contributed by atoms with Crippen LogP contribution in [0.25, 0.3) is 0 Å². The van der Waals surface area contributed by atoms with Crippen LogP contribution in [0.5, 0.6) is 0 Å². The molecule has 0 atom stereocenters. The highest BCUT2D eigenvalue weighted by atomic mass is 14.3. The first-order valence-corrected chi connectivity index (χ1v) is 12.5. The van der Waals surface area contributed by atoms with Gasteiger partial charge in [-0.3, -0.25) is 0 Å². The number of hydrogen-bond acceptors (Lipinski definition) is 0. The van der Waals surface area contributed by atoms with E-state index in [1.807, 2.05) is 0 Å². The first-order valence-electron chi connectivity index (χ1n) is 12.5. The zero-order valence-corrected chi connectivity index (χ0v) is 19.6. The van der Waals surface area contributed by atoms with E-state index in [0.717, 1.165) is 34.9 Å². The lowest BCUT2D eigenvalue weighted by Gasteiger charge is -2.28. The van der Waals surface area contributed by atoms with Gasteiger partial charge in [0.15, 0.2) is 0 Å². The van der Waals surface area contributed by atoms with Crippen LogP contribution in [0.2, 0.25) is 0 Å². The maximum absolute atomic E-state index is 3.32. The summed E-state index contributed by atoms with van der Waals surface area (Å²) in [5, 5.41) is 0. The van der Waals surface area contributed by atoms with Crippen molar-refractivity contribution in [3.8, 4) is 23.7 Å². The molecule has 3 rings (SSSR count). The van der Waals surface area contributed by atoms with Crippen LogP contribution in [-0.2, 0) is 0 Å². The van der Waals surface area contributed by atoms with Crippen molar-refractivity contribution in [1.29, 1.82) is 0 Å². The van der Waals surface area contributed by atoms with Gasteiger partial charge in [-0.05, 0) is 85.9 Å². The fraction of sp³-hybridized carbons (Fsp3) is 0.484. The van der Waals surface area contributed by atoms with E-state index in [1.54, 1.807) is 0 Å². The smallest absolute Gasteiger partial charge is 0.0249 e. The molecule has 0 heterocycles.